The van der Waals surface area contributed by atoms with Gasteiger partial charge in [0.1, 0.15) is 5.75 Å². The molecule has 0 bridgehead atoms. The van der Waals surface area contributed by atoms with Crippen LogP contribution in [0.3, 0.4) is 0 Å². The molecule has 2 amide bonds. The fourth-order valence-electron chi connectivity index (χ4n) is 5.78. The summed E-state index contributed by atoms with van der Waals surface area (Å²) in [6.07, 6.45) is 3.06. The van der Waals surface area contributed by atoms with E-state index in [9.17, 15) is 19.8 Å². The van der Waals surface area contributed by atoms with Gasteiger partial charge in [-0.05, 0) is 66.3 Å². The van der Waals surface area contributed by atoms with Gasteiger partial charge in [0.25, 0.3) is 5.91 Å². The van der Waals surface area contributed by atoms with Crippen LogP contribution in [0.1, 0.15) is 64.7 Å². The number of nitrogens with one attached hydrogen (secondary N) is 1. The molecule has 7 heteroatoms. The first-order valence-electron chi connectivity index (χ1n) is 12.8. The summed E-state index contributed by atoms with van der Waals surface area (Å²) in [5.74, 6) is -0.818. The number of benzene rings is 3. The van der Waals surface area contributed by atoms with Crippen molar-refractivity contribution < 1.29 is 19.8 Å². The van der Waals surface area contributed by atoms with Crippen LogP contribution in [0, 0.1) is 0 Å². The number of phenols is 1. The molecule has 0 aromatic heterocycles. The second kappa shape index (κ2) is 11.0. The minimum atomic E-state index is -0.659. The van der Waals surface area contributed by atoms with Crippen molar-refractivity contribution in [2.45, 2.75) is 56.2 Å². The van der Waals surface area contributed by atoms with Gasteiger partial charge in [-0.3, -0.25) is 9.59 Å². The van der Waals surface area contributed by atoms with Gasteiger partial charge in [-0.2, -0.15) is 0 Å². The van der Waals surface area contributed by atoms with E-state index in [4.69, 9.17) is 11.6 Å². The summed E-state index contributed by atoms with van der Waals surface area (Å²) in [6.45, 7) is 0.383. The van der Waals surface area contributed by atoms with E-state index in [0.717, 1.165) is 24.0 Å². The Labute approximate surface area is 221 Å². The predicted octanol–water partition coefficient (Wildman–Crippen LogP) is 4.99. The first-order valence-corrected chi connectivity index (χ1v) is 13.2. The molecule has 0 radical (unpaired) electrons. The van der Waals surface area contributed by atoms with Crippen molar-refractivity contribution >= 4 is 23.4 Å². The zero-order chi connectivity index (χ0) is 25.9. The molecule has 0 unspecified atom stereocenters. The molecule has 4 atom stereocenters. The normalized spacial score (nSPS) is 23.4. The topological polar surface area (TPSA) is 89.9 Å². The average molecular weight is 519 g/mol. The number of hydrogen-bond acceptors (Lipinski definition) is 4. The summed E-state index contributed by atoms with van der Waals surface area (Å²) in [6, 6.07) is 20.6. The quantitative estimate of drug-likeness (QED) is 0.429. The third-order valence-electron chi connectivity index (χ3n) is 7.54. The smallest absolute Gasteiger partial charge is 0.255 e. The zero-order valence-corrected chi connectivity index (χ0v) is 21.3. The molecule has 1 fully saturated rings. The predicted molar refractivity (Wildman–Crippen MR) is 143 cm³/mol. The summed E-state index contributed by atoms with van der Waals surface area (Å²) in [4.78, 5) is 29.6. The van der Waals surface area contributed by atoms with E-state index in [2.05, 4.69) is 5.32 Å². The van der Waals surface area contributed by atoms with Crippen molar-refractivity contribution in [3.05, 3.63) is 100 Å². The maximum atomic E-state index is 13.9. The maximum Gasteiger partial charge on any atom is 0.255 e. The summed E-state index contributed by atoms with van der Waals surface area (Å²) < 4.78 is 0. The molecular formula is C30H31ClN2O4. The molecule has 1 heterocycles. The Morgan fingerprint density at radius 3 is 2.51 bits per heavy atom. The zero-order valence-electron chi connectivity index (χ0n) is 20.5. The van der Waals surface area contributed by atoms with E-state index < -0.39 is 18.1 Å². The van der Waals surface area contributed by atoms with Crippen LogP contribution in [0.15, 0.2) is 72.8 Å². The molecule has 5 rings (SSSR count). The van der Waals surface area contributed by atoms with E-state index >= 15 is 0 Å². The molecule has 0 saturated heterocycles. The molecule has 3 aromatic rings. The van der Waals surface area contributed by atoms with Crippen molar-refractivity contribution in [3.63, 3.8) is 0 Å². The summed E-state index contributed by atoms with van der Waals surface area (Å²) in [5.41, 5.74) is 2.90. The number of aliphatic hydroxyl groups is 1. The van der Waals surface area contributed by atoms with Gasteiger partial charge in [0.2, 0.25) is 5.91 Å². The van der Waals surface area contributed by atoms with Crippen LogP contribution >= 0.6 is 11.6 Å². The van der Waals surface area contributed by atoms with Crippen LogP contribution in [0.25, 0.3) is 0 Å². The van der Waals surface area contributed by atoms with Crippen molar-refractivity contribution in [3.8, 4) is 5.75 Å². The van der Waals surface area contributed by atoms with Crippen LogP contribution in [-0.4, -0.2) is 45.6 Å². The first kappa shape index (κ1) is 25.3. The standard InChI is InChI=1S/C30H31ClN2O4/c31-21-14-12-20(13-15-21)28-27(29(36)32-17-16-19-6-5-7-22(34)18-19)23-8-1-2-9-24(23)30(37)33(28)25-10-3-4-11-26(25)35/h1-2,5-9,12-15,18,25-28,34-35H,3-4,10-11,16-17H2,(H,32,36)/t25-,26-,27+,28-/m0/s1. The number of hydrogen-bond donors (Lipinski definition) is 3. The number of aromatic hydroxyl groups is 1. The number of fused-ring (bicyclic) bond motifs is 1. The lowest BCUT2D eigenvalue weighted by molar-refractivity contribution is -0.125. The number of carbonyl (C=O) groups is 2. The molecule has 1 saturated carbocycles. The molecule has 1 aliphatic heterocycles. The van der Waals surface area contributed by atoms with Crippen molar-refractivity contribution in [2.75, 3.05) is 6.54 Å². The third-order valence-corrected chi connectivity index (χ3v) is 7.80. The average Bonchev–Trinajstić information content (AvgIpc) is 2.90. The molecule has 3 N–H and O–H groups in total. The van der Waals surface area contributed by atoms with Gasteiger partial charge in [-0.15, -0.1) is 0 Å². The van der Waals surface area contributed by atoms with E-state index in [1.54, 1.807) is 41.3 Å². The van der Waals surface area contributed by atoms with Gasteiger partial charge >= 0.3 is 0 Å². The SMILES string of the molecule is O=C(NCCc1cccc(O)c1)[C@@H]1c2ccccc2C(=O)N([C@H]2CCCC[C@@H]2O)[C@H]1c1ccc(Cl)cc1. The van der Waals surface area contributed by atoms with Crippen LogP contribution in [-0.2, 0) is 11.2 Å². The summed E-state index contributed by atoms with van der Waals surface area (Å²) >= 11 is 6.19. The van der Waals surface area contributed by atoms with E-state index in [1.807, 2.05) is 36.4 Å². The largest absolute Gasteiger partial charge is 0.508 e. The Hall–Kier alpha value is -3.35. The third kappa shape index (κ3) is 5.22. The number of nitrogens with zero attached hydrogens (tertiary/aromatic N) is 1. The van der Waals surface area contributed by atoms with E-state index in [0.29, 0.717) is 42.0 Å². The lowest BCUT2D eigenvalue weighted by Gasteiger charge is -2.48. The van der Waals surface area contributed by atoms with Gasteiger partial charge in [0.05, 0.1) is 24.1 Å². The molecular weight excluding hydrogens is 488 g/mol. The highest BCUT2D eigenvalue weighted by molar-refractivity contribution is 6.30. The highest BCUT2D eigenvalue weighted by atomic mass is 35.5. The van der Waals surface area contributed by atoms with Crippen LogP contribution < -0.4 is 5.32 Å². The van der Waals surface area contributed by atoms with Gasteiger partial charge in [0, 0.05) is 17.1 Å². The second-order valence-corrected chi connectivity index (χ2v) is 10.3. The van der Waals surface area contributed by atoms with E-state index in [1.165, 1.54) is 0 Å². The summed E-state index contributed by atoms with van der Waals surface area (Å²) in [7, 11) is 0. The highest BCUT2D eigenvalue weighted by Crippen LogP contribution is 2.46. The second-order valence-electron chi connectivity index (χ2n) is 9.90. The fraction of sp³-hybridized carbons (Fsp3) is 0.333. The fourth-order valence-corrected chi connectivity index (χ4v) is 5.91. The monoisotopic (exact) mass is 518 g/mol. The van der Waals surface area contributed by atoms with E-state index in [-0.39, 0.29) is 23.6 Å². The molecule has 1 aliphatic carbocycles. The Morgan fingerprint density at radius 2 is 1.76 bits per heavy atom. The van der Waals surface area contributed by atoms with Crippen LogP contribution in [0.5, 0.6) is 5.75 Å². The minimum absolute atomic E-state index is 0.162. The molecule has 6 nitrogen and oxygen atoms in total. The number of halogens is 1. The number of carbonyl (C=O) groups excluding carboxylic acids is 2. The van der Waals surface area contributed by atoms with Crippen LogP contribution in [0.4, 0.5) is 0 Å². The van der Waals surface area contributed by atoms with Crippen molar-refractivity contribution in [1.82, 2.24) is 10.2 Å². The number of rotatable bonds is 6. The molecule has 192 valence electrons. The van der Waals surface area contributed by atoms with Crippen molar-refractivity contribution in [1.29, 1.82) is 0 Å². The highest BCUT2D eigenvalue weighted by Gasteiger charge is 2.48. The van der Waals surface area contributed by atoms with Gasteiger partial charge in [0.15, 0.2) is 0 Å². The van der Waals surface area contributed by atoms with Gasteiger partial charge in [-0.25, -0.2) is 0 Å². The number of phenolic OH excluding ortho intramolecular Hbond substituents is 1. The first-order chi connectivity index (χ1) is 17.9. The maximum absolute atomic E-state index is 13.9. The number of amides is 2. The molecule has 2 aliphatic rings. The Balaban J connectivity index is 1.53. The Kier molecular flexibility index (Phi) is 7.49. The summed E-state index contributed by atoms with van der Waals surface area (Å²) in [5, 5.41) is 24.4. The molecule has 37 heavy (non-hydrogen) atoms. The minimum Gasteiger partial charge on any atom is -0.508 e. The van der Waals surface area contributed by atoms with Gasteiger partial charge in [-0.1, -0.05) is 66.9 Å². The molecule has 0 spiro atoms. The Bertz CT molecular complexity index is 1280. The Morgan fingerprint density at radius 1 is 1.00 bits per heavy atom. The molecule has 3 aromatic carbocycles. The van der Waals surface area contributed by atoms with Crippen LogP contribution in [0.2, 0.25) is 5.02 Å². The van der Waals surface area contributed by atoms with Crippen molar-refractivity contribution in [2.24, 2.45) is 0 Å². The number of aliphatic hydroxyl groups excluding tert-OH is 1. The lowest BCUT2D eigenvalue weighted by Crippen LogP contribution is -2.55. The van der Waals surface area contributed by atoms with Gasteiger partial charge < -0.3 is 20.4 Å². The lowest BCUT2D eigenvalue weighted by atomic mass is 9.76.